The Morgan fingerprint density at radius 1 is 1.16 bits per heavy atom. The maximum absolute atomic E-state index is 13.0. The van der Waals surface area contributed by atoms with Crippen LogP contribution in [0.1, 0.15) is 12.8 Å². The van der Waals surface area contributed by atoms with E-state index in [1.54, 1.807) is 12.1 Å². The van der Waals surface area contributed by atoms with Crippen molar-refractivity contribution in [2.24, 2.45) is 5.92 Å². The number of sulfonamides is 1. The highest BCUT2D eigenvalue weighted by Crippen LogP contribution is 2.31. The summed E-state index contributed by atoms with van der Waals surface area (Å²) in [6.45, 7) is 1.20. The zero-order valence-electron chi connectivity index (χ0n) is 17.3. The molecular weight excluding hydrogens is 420 g/mol. The third kappa shape index (κ3) is 4.77. The molecule has 0 radical (unpaired) electrons. The minimum absolute atomic E-state index is 0.158. The van der Waals surface area contributed by atoms with Crippen LogP contribution in [0.5, 0.6) is 17.2 Å². The fourth-order valence-corrected chi connectivity index (χ4v) is 5.32. The van der Waals surface area contributed by atoms with Crippen LogP contribution in [0, 0.1) is 5.92 Å². The van der Waals surface area contributed by atoms with Gasteiger partial charge in [0.2, 0.25) is 15.9 Å². The summed E-state index contributed by atoms with van der Waals surface area (Å²) in [5.41, 5.74) is 0. The number of rotatable bonds is 6. The highest BCUT2D eigenvalue weighted by molar-refractivity contribution is 7.89. The third-order valence-corrected chi connectivity index (χ3v) is 7.40. The van der Waals surface area contributed by atoms with E-state index >= 15 is 0 Å². The number of benzene rings is 2. The van der Waals surface area contributed by atoms with Gasteiger partial charge in [0.05, 0.1) is 24.5 Å². The molecule has 1 saturated heterocycles. The molecule has 2 aromatic rings. The summed E-state index contributed by atoms with van der Waals surface area (Å²) >= 11 is 0. The number of para-hydroxylation sites is 2. The quantitative estimate of drug-likeness (QED) is 0.730. The van der Waals surface area contributed by atoms with Gasteiger partial charge in [0.1, 0.15) is 18.5 Å². The van der Waals surface area contributed by atoms with Crippen molar-refractivity contribution in [2.45, 2.75) is 23.8 Å². The molecule has 31 heavy (non-hydrogen) atoms. The lowest BCUT2D eigenvalue weighted by Crippen LogP contribution is -2.48. The van der Waals surface area contributed by atoms with Crippen molar-refractivity contribution in [1.29, 1.82) is 0 Å². The topological polar surface area (TPSA) is 94.2 Å². The van der Waals surface area contributed by atoms with Gasteiger partial charge in [-0.1, -0.05) is 12.1 Å². The summed E-state index contributed by atoms with van der Waals surface area (Å²) < 4.78 is 44.0. The lowest BCUT2D eigenvalue weighted by Gasteiger charge is -2.32. The third-order valence-electron chi connectivity index (χ3n) is 5.52. The summed E-state index contributed by atoms with van der Waals surface area (Å²) in [5.74, 6) is 1.36. The molecule has 2 aliphatic heterocycles. The number of nitrogens with one attached hydrogen (secondary N) is 1. The molecule has 1 amide bonds. The van der Waals surface area contributed by atoms with Gasteiger partial charge in [0.15, 0.2) is 11.5 Å². The van der Waals surface area contributed by atoms with Crippen molar-refractivity contribution in [1.82, 2.24) is 9.62 Å². The second-order valence-electron chi connectivity index (χ2n) is 7.62. The Morgan fingerprint density at radius 2 is 1.90 bits per heavy atom. The lowest BCUT2D eigenvalue weighted by molar-refractivity contribution is -0.126. The van der Waals surface area contributed by atoms with Crippen LogP contribution in [0.3, 0.4) is 0 Å². The van der Waals surface area contributed by atoms with Crippen LogP contribution >= 0.6 is 0 Å². The predicted molar refractivity (Wildman–Crippen MR) is 114 cm³/mol. The highest BCUT2D eigenvalue weighted by Gasteiger charge is 2.33. The van der Waals surface area contributed by atoms with E-state index in [0.29, 0.717) is 49.8 Å². The van der Waals surface area contributed by atoms with E-state index in [1.807, 2.05) is 24.3 Å². The number of hydrogen-bond donors (Lipinski definition) is 1. The SMILES string of the molecule is COc1ccc(S(=O)(=O)N2CCC[C@@H](C(=O)NC[C@@H]3COc4ccccc4O3)C2)cc1. The normalized spacial score (nSPS) is 21.3. The number of carbonyl (C=O) groups is 1. The van der Waals surface area contributed by atoms with Crippen LogP contribution in [0.25, 0.3) is 0 Å². The second-order valence-corrected chi connectivity index (χ2v) is 9.56. The first-order valence-corrected chi connectivity index (χ1v) is 11.7. The zero-order valence-corrected chi connectivity index (χ0v) is 18.1. The Labute approximate surface area is 182 Å². The number of carbonyl (C=O) groups excluding carboxylic acids is 1. The van der Waals surface area contributed by atoms with E-state index < -0.39 is 15.9 Å². The maximum Gasteiger partial charge on any atom is 0.243 e. The van der Waals surface area contributed by atoms with E-state index in [9.17, 15) is 13.2 Å². The van der Waals surface area contributed by atoms with Crippen molar-refractivity contribution >= 4 is 15.9 Å². The Kier molecular flexibility index (Phi) is 6.33. The van der Waals surface area contributed by atoms with Gasteiger partial charge in [-0.2, -0.15) is 4.31 Å². The van der Waals surface area contributed by atoms with E-state index in [-0.39, 0.29) is 23.5 Å². The fraction of sp³-hybridized carbons (Fsp3) is 0.409. The van der Waals surface area contributed by atoms with Gasteiger partial charge in [0, 0.05) is 13.1 Å². The van der Waals surface area contributed by atoms with Crippen LogP contribution in [-0.2, 0) is 14.8 Å². The van der Waals surface area contributed by atoms with Gasteiger partial charge in [-0.05, 0) is 49.2 Å². The molecule has 4 rings (SSSR count). The summed E-state index contributed by atoms with van der Waals surface area (Å²) in [6.07, 6.45) is 0.983. The van der Waals surface area contributed by atoms with Gasteiger partial charge in [0.25, 0.3) is 0 Å². The molecule has 2 aliphatic rings. The van der Waals surface area contributed by atoms with Crippen molar-refractivity contribution in [2.75, 3.05) is 33.4 Å². The monoisotopic (exact) mass is 446 g/mol. The second kappa shape index (κ2) is 9.15. The molecule has 0 bridgehead atoms. The number of nitrogens with zero attached hydrogens (tertiary/aromatic N) is 1. The average molecular weight is 447 g/mol. The molecule has 2 aromatic carbocycles. The molecule has 1 fully saturated rings. The van der Waals surface area contributed by atoms with E-state index in [1.165, 1.54) is 23.5 Å². The molecule has 8 nitrogen and oxygen atoms in total. The van der Waals surface area contributed by atoms with E-state index in [2.05, 4.69) is 5.32 Å². The first kappa shape index (κ1) is 21.5. The summed E-state index contributed by atoms with van der Waals surface area (Å²) in [4.78, 5) is 12.9. The minimum Gasteiger partial charge on any atom is -0.497 e. The molecule has 2 atom stereocenters. The number of piperidine rings is 1. The molecule has 0 spiro atoms. The molecule has 0 aliphatic carbocycles. The first-order chi connectivity index (χ1) is 15.0. The van der Waals surface area contributed by atoms with Crippen LogP contribution < -0.4 is 19.5 Å². The molecule has 0 aromatic heterocycles. The molecule has 9 heteroatoms. The molecule has 166 valence electrons. The Bertz CT molecular complexity index is 1020. The number of fused-ring (bicyclic) bond motifs is 1. The smallest absolute Gasteiger partial charge is 0.243 e. The molecular formula is C22H26N2O6S. The van der Waals surface area contributed by atoms with Crippen molar-refractivity contribution in [3.8, 4) is 17.2 Å². The largest absolute Gasteiger partial charge is 0.497 e. The lowest BCUT2D eigenvalue weighted by atomic mass is 9.99. The van der Waals surface area contributed by atoms with Gasteiger partial charge in [-0.15, -0.1) is 0 Å². The van der Waals surface area contributed by atoms with Gasteiger partial charge in [-0.25, -0.2) is 8.42 Å². The van der Waals surface area contributed by atoms with Crippen LogP contribution in [-0.4, -0.2) is 58.1 Å². The first-order valence-electron chi connectivity index (χ1n) is 10.3. The predicted octanol–water partition coefficient (Wildman–Crippen LogP) is 2.05. The number of ether oxygens (including phenoxy) is 3. The van der Waals surface area contributed by atoms with Crippen LogP contribution in [0.2, 0.25) is 0 Å². The number of methoxy groups -OCH3 is 1. The summed E-state index contributed by atoms with van der Waals surface area (Å²) in [5, 5.41) is 2.90. The van der Waals surface area contributed by atoms with E-state index in [4.69, 9.17) is 14.2 Å². The molecule has 1 N–H and O–H groups in total. The van der Waals surface area contributed by atoms with Crippen LogP contribution in [0.15, 0.2) is 53.4 Å². The Balaban J connectivity index is 1.34. The Morgan fingerprint density at radius 3 is 2.65 bits per heavy atom. The van der Waals surface area contributed by atoms with Crippen molar-refractivity contribution < 1.29 is 27.4 Å². The standard InChI is InChI=1S/C22H26N2O6S/c1-28-17-8-10-19(11-9-17)31(26,27)24-12-4-5-16(14-24)22(25)23-13-18-15-29-20-6-2-3-7-21(20)30-18/h2-3,6-11,16,18H,4-5,12-15H2,1H3,(H,23,25)/t16-,18-/m1/s1. The number of amides is 1. The van der Waals surface area contributed by atoms with Gasteiger partial charge in [-0.3, -0.25) is 4.79 Å². The van der Waals surface area contributed by atoms with Crippen LogP contribution in [0.4, 0.5) is 0 Å². The highest BCUT2D eigenvalue weighted by atomic mass is 32.2. The maximum atomic E-state index is 13.0. The fourth-order valence-electron chi connectivity index (χ4n) is 3.79. The minimum atomic E-state index is -3.67. The number of hydrogen-bond acceptors (Lipinski definition) is 6. The zero-order chi connectivity index (χ0) is 21.8. The molecule has 2 heterocycles. The molecule has 0 unspecified atom stereocenters. The molecule has 0 saturated carbocycles. The van der Waals surface area contributed by atoms with Gasteiger partial charge < -0.3 is 19.5 Å². The van der Waals surface area contributed by atoms with E-state index in [0.717, 1.165) is 0 Å². The Hall–Kier alpha value is -2.78. The average Bonchev–Trinajstić information content (AvgIpc) is 2.82. The summed E-state index contributed by atoms with van der Waals surface area (Å²) in [6, 6.07) is 13.7. The van der Waals surface area contributed by atoms with Crippen molar-refractivity contribution in [3.63, 3.8) is 0 Å². The summed E-state index contributed by atoms with van der Waals surface area (Å²) in [7, 11) is -2.14. The van der Waals surface area contributed by atoms with Gasteiger partial charge >= 0.3 is 0 Å². The van der Waals surface area contributed by atoms with Crippen molar-refractivity contribution in [3.05, 3.63) is 48.5 Å².